The molecule has 0 unspecified atom stereocenters. The van der Waals surface area contributed by atoms with E-state index >= 15 is 0 Å². The summed E-state index contributed by atoms with van der Waals surface area (Å²) in [6.07, 6.45) is 3.69. The first kappa shape index (κ1) is 20.5. The molecule has 0 amide bonds. The third kappa shape index (κ3) is 3.84. The fourth-order valence-electron chi connectivity index (χ4n) is 3.43. The number of nitrogens with two attached hydrogens (primary N) is 3. The number of amidine groups is 1. The molecule has 2 aromatic heterocycles. The van der Waals surface area contributed by atoms with E-state index in [2.05, 4.69) is 21.5 Å². The molecule has 0 saturated carbocycles. The Morgan fingerprint density at radius 3 is 2.87 bits per heavy atom. The van der Waals surface area contributed by atoms with Gasteiger partial charge in [0.2, 0.25) is 0 Å². The summed E-state index contributed by atoms with van der Waals surface area (Å²) in [6.45, 7) is 1.93. The summed E-state index contributed by atoms with van der Waals surface area (Å²) in [7, 11) is 0. The van der Waals surface area contributed by atoms with Gasteiger partial charge >= 0.3 is 0 Å². The summed E-state index contributed by atoms with van der Waals surface area (Å²) in [5.41, 5.74) is 8.72. The molecule has 30 heavy (non-hydrogen) atoms. The van der Waals surface area contributed by atoms with E-state index in [1.165, 1.54) is 22.6 Å². The maximum absolute atomic E-state index is 14.5. The van der Waals surface area contributed by atoms with Crippen molar-refractivity contribution in [3.63, 3.8) is 0 Å². The predicted octanol–water partition coefficient (Wildman–Crippen LogP) is 2.87. The lowest BCUT2D eigenvalue weighted by atomic mass is 10.1. The minimum Gasteiger partial charge on any atom is -0.383 e. The maximum Gasteiger partial charge on any atom is 0.178 e. The molecule has 0 aliphatic carbocycles. The van der Waals surface area contributed by atoms with Crippen molar-refractivity contribution >= 4 is 40.3 Å². The minimum atomic E-state index is -0.680. The summed E-state index contributed by atoms with van der Waals surface area (Å²) in [5, 5.41) is 8.13. The maximum atomic E-state index is 14.5. The van der Waals surface area contributed by atoms with Crippen molar-refractivity contribution in [1.82, 2.24) is 10.3 Å². The fraction of sp³-hybridized carbons (Fsp3) is 0.200. The Hall–Kier alpha value is -2.72. The monoisotopic (exact) mass is 445 g/mol. The van der Waals surface area contributed by atoms with Gasteiger partial charge in [-0.15, -0.1) is 11.3 Å². The normalized spacial score (nSPS) is 14.3. The van der Waals surface area contributed by atoms with Crippen LogP contribution in [-0.4, -0.2) is 23.9 Å². The lowest BCUT2D eigenvalue weighted by Crippen LogP contribution is -2.40. The number of aromatic nitrogens is 1. The summed E-state index contributed by atoms with van der Waals surface area (Å²) in [6, 6.07) is 8.49. The molecule has 3 heterocycles. The van der Waals surface area contributed by atoms with Gasteiger partial charge in [-0.1, -0.05) is 17.7 Å². The zero-order valence-corrected chi connectivity index (χ0v) is 17.6. The molecule has 156 valence electrons. The highest BCUT2D eigenvalue weighted by Crippen LogP contribution is 2.34. The molecule has 3 aromatic rings. The smallest absolute Gasteiger partial charge is 0.178 e. The van der Waals surface area contributed by atoms with Crippen molar-refractivity contribution in [2.24, 2.45) is 16.8 Å². The Kier molecular flexibility index (Phi) is 5.87. The fourth-order valence-corrected chi connectivity index (χ4v) is 4.79. The first-order chi connectivity index (χ1) is 14.5. The van der Waals surface area contributed by atoms with Crippen molar-refractivity contribution in [1.29, 1.82) is 0 Å². The number of hydrogen-bond acceptors (Lipinski definition) is 7. The SMILES string of the molecule is N/N=C(/c1cc(-c2cc3c(s2)CCNCC3)cnc1N)N(N)c1cccc(Cl)c1F. The number of hydrogen-bond donors (Lipinski definition) is 4. The van der Waals surface area contributed by atoms with Gasteiger partial charge in [0.15, 0.2) is 11.7 Å². The van der Waals surface area contributed by atoms with E-state index in [0.717, 1.165) is 41.4 Å². The molecule has 4 rings (SSSR count). The van der Waals surface area contributed by atoms with Crippen LogP contribution in [0.2, 0.25) is 5.02 Å². The number of nitrogens with zero attached hydrogens (tertiary/aromatic N) is 3. The number of fused-ring (bicyclic) bond motifs is 1. The largest absolute Gasteiger partial charge is 0.383 e. The topological polar surface area (TPSA) is 119 Å². The van der Waals surface area contributed by atoms with Gasteiger partial charge in [-0.2, -0.15) is 5.10 Å². The first-order valence-electron chi connectivity index (χ1n) is 9.35. The van der Waals surface area contributed by atoms with Gasteiger partial charge in [0, 0.05) is 21.5 Å². The predicted molar refractivity (Wildman–Crippen MR) is 121 cm³/mol. The number of hydrazine groups is 1. The Labute approximate surface area is 182 Å². The zero-order valence-electron chi connectivity index (χ0n) is 16.0. The van der Waals surface area contributed by atoms with Gasteiger partial charge < -0.3 is 16.9 Å². The van der Waals surface area contributed by atoms with Crippen molar-refractivity contribution < 1.29 is 4.39 Å². The van der Waals surface area contributed by atoms with Crippen LogP contribution in [0.4, 0.5) is 15.9 Å². The highest BCUT2D eigenvalue weighted by molar-refractivity contribution is 7.15. The Balaban J connectivity index is 1.73. The van der Waals surface area contributed by atoms with Crippen molar-refractivity contribution in [2.75, 3.05) is 23.8 Å². The van der Waals surface area contributed by atoms with Gasteiger partial charge in [0.25, 0.3) is 0 Å². The van der Waals surface area contributed by atoms with Crippen LogP contribution in [0.5, 0.6) is 0 Å². The molecule has 0 bridgehead atoms. The Morgan fingerprint density at radius 1 is 1.27 bits per heavy atom. The highest BCUT2D eigenvalue weighted by Gasteiger charge is 2.21. The van der Waals surface area contributed by atoms with Gasteiger partial charge in [-0.25, -0.2) is 15.2 Å². The number of hydrazone groups is 1. The molecule has 10 heteroatoms. The van der Waals surface area contributed by atoms with Crippen LogP contribution in [0.25, 0.3) is 10.4 Å². The minimum absolute atomic E-state index is 0.0202. The average molecular weight is 446 g/mol. The van der Waals surface area contributed by atoms with Crippen molar-refractivity contribution in [3.05, 3.63) is 63.4 Å². The summed E-state index contributed by atoms with van der Waals surface area (Å²) < 4.78 is 14.5. The van der Waals surface area contributed by atoms with Crippen LogP contribution in [0.15, 0.2) is 41.6 Å². The molecule has 1 aromatic carbocycles. The third-order valence-electron chi connectivity index (χ3n) is 4.98. The molecule has 0 atom stereocenters. The second-order valence-corrected chi connectivity index (χ2v) is 8.41. The van der Waals surface area contributed by atoms with E-state index in [9.17, 15) is 4.39 Å². The van der Waals surface area contributed by atoms with E-state index in [1.807, 2.05) is 6.07 Å². The van der Waals surface area contributed by atoms with Gasteiger partial charge in [-0.05, 0) is 55.8 Å². The van der Waals surface area contributed by atoms with Gasteiger partial charge in [0.1, 0.15) is 5.82 Å². The lowest BCUT2D eigenvalue weighted by Gasteiger charge is -2.22. The second kappa shape index (κ2) is 8.57. The molecule has 1 aliphatic heterocycles. The molecular formula is C20H21ClFN7S. The van der Waals surface area contributed by atoms with E-state index < -0.39 is 5.82 Å². The van der Waals surface area contributed by atoms with Crippen molar-refractivity contribution in [2.45, 2.75) is 12.8 Å². The van der Waals surface area contributed by atoms with Crippen molar-refractivity contribution in [3.8, 4) is 10.4 Å². The molecule has 0 fully saturated rings. The van der Waals surface area contributed by atoms with E-state index in [1.54, 1.807) is 23.6 Å². The average Bonchev–Trinajstić information content (AvgIpc) is 3.02. The van der Waals surface area contributed by atoms with Gasteiger partial charge in [0.05, 0.1) is 16.3 Å². The number of anilines is 2. The molecule has 0 saturated heterocycles. The molecular weight excluding hydrogens is 425 g/mol. The Morgan fingerprint density at radius 2 is 2.07 bits per heavy atom. The van der Waals surface area contributed by atoms with Gasteiger partial charge in [-0.3, -0.25) is 5.01 Å². The van der Waals surface area contributed by atoms with Crippen LogP contribution in [-0.2, 0) is 12.8 Å². The first-order valence-corrected chi connectivity index (χ1v) is 10.5. The standard InChI is InChI=1S/C20H21ClFN7S/c21-14-2-1-3-15(18(14)22)29(25)20(28-24)13-8-12(10-27-19(13)23)17-9-11-4-6-26-7-5-16(11)30-17/h1-3,8-10,26H,4-7,24-25H2,(H2,23,27)/b28-20-. The number of benzene rings is 1. The highest BCUT2D eigenvalue weighted by atomic mass is 35.5. The van der Waals surface area contributed by atoms with Crippen LogP contribution in [0, 0.1) is 5.82 Å². The number of halogens is 2. The van der Waals surface area contributed by atoms with E-state index in [0.29, 0.717) is 5.56 Å². The molecule has 0 radical (unpaired) electrons. The molecule has 7 nitrogen and oxygen atoms in total. The molecule has 7 N–H and O–H groups in total. The molecule has 1 aliphatic rings. The summed E-state index contributed by atoms with van der Waals surface area (Å²) in [4.78, 5) is 6.74. The summed E-state index contributed by atoms with van der Waals surface area (Å²) in [5.74, 6) is 11.3. The molecule has 0 spiro atoms. The van der Waals surface area contributed by atoms with Crippen LogP contribution < -0.4 is 27.7 Å². The second-order valence-electron chi connectivity index (χ2n) is 6.86. The third-order valence-corrected chi connectivity index (χ3v) is 6.56. The van der Waals surface area contributed by atoms with Crippen LogP contribution in [0.1, 0.15) is 16.0 Å². The summed E-state index contributed by atoms with van der Waals surface area (Å²) >= 11 is 7.61. The number of nitrogens with one attached hydrogen (secondary N) is 1. The quantitative estimate of drug-likeness (QED) is 0.213. The van der Waals surface area contributed by atoms with Crippen LogP contribution in [0.3, 0.4) is 0 Å². The Bertz CT molecular complexity index is 1090. The zero-order chi connectivity index (χ0) is 21.3. The van der Waals surface area contributed by atoms with E-state index in [-0.39, 0.29) is 22.4 Å². The number of thiophene rings is 1. The number of pyridine rings is 1. The number of rotatable bonds is 3. The van der Waals surface area contributed by atoms with E-state index in [4.69, 9.17) is 29.0 Å². The van der Waals surface area contributed by atoms with Crippen LogP contribution >= 0.6 is 22.9 Å². The number of nitrogen functional groups attached to an aromatic ring is 1. The lowest BCUT2D eigenvalue weighted by molar-refractivity contribution is 0.627.